The summed E-state index contributed by atoms with van der Waals surface area (Å²) in [5.74, 6) is -0.100. The van der Waals surface area contributed by atoms with Crippen molar-refractivity contribution in [3.63, 3.8) is 0 Å². The molecular formula is C13H17N3O2. The SMILES string of the molecule is CCC1C(=O)NC(C)C(=O)N1Cc1ccncc1. The maximum Gasteiger partial charge on any atom is 0.245 e. The fourth-order valence-electron chi connectivity index (χ4n) is 2.19. The molecule has 96 valence electrons. The van der Waals surface area contributed by atoms with Crippen molar-refractivity contribution < 1.29 is 9.59 Å². The highest BCUT2D eigenvalue weighted by atomic mass is 16.2. The minimum Gasteiger partial charge on any atom is -0.343 e. The molecule has 0 aliphatic carbocycles. The fraction of sp³-hybridized carbons (Fsp3) is 0.462. The number of aromatic nitrogens is 1. The highest BCUT2D eigenvalue weighted by Crippen LogP contribution is 2.16. The van der Waals surface area contributed by atoms with Gasteiger partial charge in [0.25, 0.3) is 0 Å². The monoisotopic (exact) mass is 247 g/mol. The predicted octanol–water partition coefficient (Wildman–Crippen LogP) is 0.707. The number of carbonyl (C=O) groups excluding carboxylic acids is 2. The lowest BCUT2D eigenvalue weighted by atomic mass is 10.0. The van der Waals surface area contributed by atoms with E-state index in [-0.39, 0.29) is 17.9 Å². The van der Waals surface area contributed by atoms with Gasteiger partial charge in [-0.1, -0.05) is 6.92 Å². The van der Waals surface area contributed by atoms with E-state index in [4.69, 9.17) is 0 Å². The molecule has 2 amide bonds. The van der Waals surface area contributed by atoms with Crippen LogP contribution in [0.2, 0.25) is 0 Å². The topological polar surface area (TPSA) is 62.3 Å². The Hall–Kier alpha value is -1.91. The summed E-state index contributed by atoms with van der Waals surface area (Å²) in [5.41, 5.74) is 0.985. The van der Waals surface area contributed by atoms with Gasteiger partial charge in [0.1, 0.15) is 12.1 Å². The van der Waals surface area contributed by atoms with E-state index in [1.807, 2.05) is 19.1 Å². The molecule has 1 fully saturated rings. The standard InChI is InChI=1S/C13H17N3O2/c1-3-11-12(17)15-9(2)13(18)16(11)8-10-4-6-14-7-5-10/h4-7,9,11H,3,8H2,1-2H3,(H,15,17). The van der Waals surface area contributed by atoms with Crippen LogP contribution < -0.4 is 5.32 Å². The van der Waals surface area contributed by atoms with Crippen LogP contribution in [0.3, 0.4) is 0 Å². The zero-order valence-corrected chi connectivity index (χ0v) is 10.6. The van der Waals surface area contributed by atoms with Gasteiger partial charge in [-0.05, 0) is 31.0 Å². The Bertz CT molecular complexity index is 447. The molecule has 2 heterocycles. The van der Waals surface area contributed by atoms with Crippen molar-refractivity contribution in [1.29, 1.82) is 0 Å². The van der Waals surface area contributed by atoms with Gasteiger partial charge in [0, 0.05) is 18.9 Å². The molecule has 5 nitrogen and oxygen atoms in total. The molecule has 1 aliphatic heterocycles. The lowest BCUT2D eigenvalue weighted by Gasteiger charge is -2.37. The van der Waals surface area contributed by atoms with Gasteiger partial charge in [0.2, 0.25) is 11.8 Å². The first-order valence-corrected chi connectivity index (χ1v) is 6.13. The number of pyridine rings is 1. The first-order valence-electron chi connectivity index (χ1n) is 6.13. The van der Waals surface area contributed by atoms with Gasteiger partial charge in [-0.25, -0.2) is 0 Å². The third kappa shape index (κ3) is 2.34. The number of piperazine rings is 1. The quantitative estimate of drug-likeness (QED) is 0.855. The summed E-state index contributed by atoms with van der Waals surface area (Å²) in [7, 11) is 0. The minimum atomic E-state index is -0.442. The highest BCUT2D eigenvalue weighted by molar-refractivity contribution is 5.96. The van der Waals surface area contributed by atoms with Crippen LogP contribution in [0.4, 0.5) is 0 Å². The second kappa shape index (κ2) is 5.16. The molecule has 1 aliphatic rings. The van der Waals surface area contributed by atoms with E-state index in [1.165, 1.54) is 0 Å². The number of rotatable bonds is 3. The van der Waals surface area contributed by atoms with Gasteiger partial charge in [-0.2, -0.15) is 0 Å². The summed E-state index contributed by atoms with van der Waals surface area (Å²) < 4.78 is 0. The molecule has 1 N–H and O–H groups in total. The summed E-state index contributed by atoms with van der Waals surface area (Å²) in [6.07, 6.45) is 4.00. The van der Waals surface area contributed by atoms with Crippen LogP contribution in [0.25, 0.3) is 0 Å². The van der Waals surface area contributed by atoms with Crippen molar-refractivity contribution in [2.45, 2.75) is 38.9 Å². The second-order valence-electron chi connectivity index (χ2n) is 4.48. The maximum atomic E-state index is 12.1. The third-order valence-corrected chi connectivity index (χ3v) is 3.18. The van der Waals surface area contributed by atoms with Gasteiger partial charge in [-0.3, -0.25) is 14.6 Å². The molecule has 0 spiro atoms. The van der Waals surface area contributed by atoms with Gasteiger partial charge in [-0.15, -0.1) is 0 Å². The van der Waals surface area contributed by atoms with Crippen molar-refractivity contribution in [1.82, 2.24) is 15.2 Å². The molecule has 2 rings (SSSR count). The Morgan fingerprint density at radius 1 is 1.33 bits per heavy atom. The number of nitrogens with one attached hydrogen (secondary N) is 1. The number of hydrogen-bond acceptors (Lipinski definition) is 3. The molecule has 1 saturated heterocycles. The molecule has 2 atom stereocenters. The lowest BCUT2D eigenvalue weighted by molar-refractivity contribution is -0.149. The average molecular weight is 247 g/mol. The zero-order chi connectivity index (χ0) is 13.1. The maximum absolute atomic E-state index is 12.1. The summed E-state index contributed by atoms with van der Waals surface area (Å²) >= 11 is 0. The third-order valence-electron chi connectivity index (χ3n) is 3.18. The van der Waals surface area contributed by atoms with E-state index < -0.39 is 6.04 Å². The molecule has 2 unspecified atom stereocenters. The van der Waals surface area contributed by atoms with Gasteiger partial charge < -0.3 is 10.2 Å². The Morgan fingerprint density at radius 3 is 2.61 bits per heavy atom. The van der Waals surface area contributed by atoms with Crippen LogP contribution in [0, 0.1) is 0 Å². The summed E-state index contributed by atoms with van der Waals surface area (Å²) in [6, 6.07) is 2.90. The normalized spacial score (nSPS) is 24.0. The smallest absolute Gasteiger partial charge is 0.245 e. The average Bonchev–Trinajstić information content (AvgIpc) is 2.37. The highest BCUT2D eigenvalue weighted by Gasteiger charge is 2.37. The van der Waals surface area contributed by atoms with E-state index >= 15 is 0 Å². The van der Waals surface area contributed by atoms with E-state index in [1.54, 1.807) is 24.2 Å². The minimum absolute atomic E-state index is 0.0294. The number of nitrogens with zero attached hydrogens (tertiary/aromatic N) is 2. The van der Waals surface area contributed by atoms with Crippen molar-refractivity contribution in [3.8, 4) is 0 Å². The molecular weight excluding hydrogens is 230 g/mol. The van der Waals surface area contributed by atoms with Crippen LogP contribution in [-0.4, -0.2) is 33.8 Å². The van der Waals surface area contributed by atoms with Crippen LogP contribution in [0.5, 0.6) is 0 Å². The molecule has 1 aromatic rings. The largest absolute Gasteiger partial charge is 0.343 e. The van der Waals surface area contributed by atoms with Crippen LogP contribution >= 0.6 is 0 Å². The first-order chi connectivity index (χ1) is 8.63. The number of amides is 2. The molecule has 5 heteroatoms. The van der Waals surface area contributed by atoms with Crippen LogP contribution in [-0.2, 0) is 16.1 Å². The van der Waals surface area contributed by atoms with Gasteiger partial charge in [0.05, 0.1) is 0 Å². The Morgan fingerprint density at radius 2 is 2.00 bits per heavy atom. The second-order valence-corrected chi connectivity index (χ2v) is 4.48. The van der Waals surface area contributed by atoms with Gasteiger partial charge in [0.15, 0.2) is 0 Å². The summed E-state index contributed by atoms with van der Waals surface area (Å²) in [6.45, 7) is 4.08. The molecule has 0 saturated carbocycles. The molecule has 0 aromatic carbocycles. The van der Waals surface area contributed by atoms with E-state index in [0.717, 1.165) is 5.56 Å². The summed E-state index contributed by atoms with van der Waals surface area (Å²) in [4.78, 5) is 29.6. The van der Waals surface area contributed by atoms with Crippen molar-refractivity contribution >= 4 is 11.8 Å². The number of carbonyl (C=O) groups is 2. The van der Waals surface area contributed by atoms with Gasteiger partial charge >= 0.3 is 0 Å². The van der Waals surface area contributed by atoms with Crippen molar-refractivity contribution in [2.75, 3.05) is 0 Å². The lowest BCUT2D eigenvalue weighted by Crippen LogP contribution is -2.61. The number of hydrogen-bond donors (Lipinski definition) is 1. The van der Waals surface area contributed by atoms with Crippen LogP contribution in [0.1, 0.15) is 25.8 Å². The van der Waals surface area contributed by atoms with Crippen molar-refractivity contribution in [3.05, 3.63) is 30.1 Å². The van der Waals surface area contributed by atoms with E-state index in [2.05, 4.69) is 10.3 Å². The van der Waals surface area contributed by atoms with E-state index in [0.29, 0.717) is 13.0 Å². The Balaban J connectivity index is 2.21. The fourth-order valence-corrected chi connectivity index (χ4v) is 2.19. The Kier molecular flexibility index (Phi) is 3.60. The predicted molar refractivity (Wildman–Crippen MR) is 66.5 cm³/mol. The molecule has 0 radical (unpaired) electrons. The summed E-state index contributed by atoms with van der Waals surface area (Å²) in [5, 5.41) is 2.70. The molecule has 0 bridgehead atoms. The first kappa shape index (κ1) is 12.5. The van der Waals surface area contributed by atoms with Crippen LogP contribution in [0.15, 0.2) is 24.5 Å². The van der Waals surface area contributed by atoms with Crippen molar-refractivity contribution in [2.24, 2.45) is 0 Å². The Labute approximate surface area is 106 Å². The van der Waals surface area contributed by atoms with E-state index in [9.17, 15) is 9.59 Å². The molecule has 1 aromatic heterocycles. The zero-order valence-electron chi connectivity index (χ0n) is 10.6. The molecule has 18 heavy (non-hydrogen) atoms.